The molecule has 0 radical (unpaired) electrons. The Kier molecular flexibility index (Phi) is 4.00. The zero-order chi connectivity index (χ0) is 18.1. The molecule has 4 aromatic rings. The Morgan fingerprint density at radius 1 is 1.19 bits per heavy atom. The van der Waals surface area contributed by atoms with Crippen LogP contribution in [0.15, 0.2) is 41.1 Å². The Labute approximate surface area is 149 Å². The third-order valence-electron chi connectivity index (χ3n) is 3.86. The summed E-state index contributed by atoms with van der Waals surface area (Å²) in [7, 11) is 1.55. The summed E-state index contributed by atoms with van der Waals surface area (Å²) in [6, 6.07) is 8.72. The molecule has 0 fully saturated rings. The largest absolute Gasteiger partial charge is 0.467 e. The van der Waals surface area contributed by atoms with Crippen LogP contribution < -0.4 is 10.1 Å². The van der Waals surface area contributed by atoms with Gasteiger partial charge in [-0.3, -0.25) is 0 Å². The Bertz CT molecular complexity index is 1050. The van der Waals surface area contributed by atoms with Crippen LogP contribution in [0.4, 0.5) is 6.01 Å². The molecule has 8 nitrogen and oxygen atoms in total. The number of aromatic amines is 1. The lowest BCUT2D eigenvalue weighted by atomic mass is 10.1. The number of methoxy groups -OCH3 is 1. The van der Waals surface area contributed by atoms with Crippen molar-refractivity contribution in [3.8, 4) is 28.7 Å². The van der Waals surface area contributed by atoms with Crippen molar-refractivity contribution in [2.75, 3.05) is 12.4 Å². The summed E-state index contributed by atoms with van der Waals surface area (Å²) in [4.78, 5) is 11.7. The van der Waals surface area contributed by atoms with Gasteiger partial charge in [-0.2, -0.15) is 4.98 Å². The van der Waals surface area contributed by atoms with Crippen molar-refractivity contribution in [3.63, 3.8) is 0 Å². The second-order valence-electron chi connectivity index (χ2n) is 6.10. The predicted octanol–water partition coefficient (Wildman–Crippen LogP) is 3.50. The number of aromatic nitrogens is 5. The van der Waals surface area contributed by atoms with Gasteiger partial charge in [-0.1, -0.05) is 5.10 Å². The molecule has 3 heterocycles. The highest BCUT2D eigenvalue weighted by atomic mass is 16.5. The van der Waals surface area contributed by atoms with Gasteiger partial charge in [-0.15, -0.1) is 5.10 Å². The lowest BCUT2D eigenvalue weighted by Gasteiger charge is -2.03. The van der Waals surface area contributed by atoms with E-state index in [1.165, 1.54) is 0 Å². The van der Waals surface area contributed by atoms with Crippen molar-refractivity contribution in [1.82, 2.24) is 25.1 Å². The molecule has 132 valence electrons. The maximum absolute atomic E-state index is 5.70. The molecular formula is C18H18N6O2. The molecule has 0 aliphatic carbocycles. The smallest absolute Gasteiger partial charge is 0.316 e. The van der Waals surface area contributed by atoms with Gasteiger partial charge in [-0.25, -0.2) is 4.98 Å². The predicted molar refractivity (Wildman–Crippen MR) is 97.9 cm³/mol. The zero-order valence-electron chi connectivity index (χ0n) is 14.6. The summed E-state index contributed by atoms with van der Waals surface area (Å²) in [5.41, 5.74) is 3.54. The van der Waals surface area contributed by atoms with E-state index in [9.17, 15) is 0 Å². The first-order valence-electron chi connectivity index (χ1n) is 8.23. The number of anilines is 1. The van der Waals surface area contributed by atoms with Crippen LogP contribution in [0.3, 0.4) is 0 Å². The van der Waals surface area contributed by atoms with Crippen molar-refractivity contribution >= 4 is 16.9 Å². The summed E-state index contributed by atoms with van der Waals surface area (Å²) in [6.45, 7) is 4.02. The number of benzene rings is 1. The van der Waals surface area contributed by atoms with Crippen molar-refractivity contribution in [1.29, 1.82) is 0 Å². The second kappa shape index (κ2) is 6.47. The molecule has 0 atom stereocenters. The highest BCUT2D eigenvalue weighted by Crippen LogP contribution is 2.31. The Hall–Kier alpha value is -3.42. The summed E-state index contributed by atoms with van der Waals surface area (Å²) in [5, 5.41) is 12.3. The molecule has 0 aliphatic heterocycles. The van der Waals surface area contributed by atoms with E-state index in [4.69, 9.17) is 9.15 Å². The van der Waals surface area contributed by atoms with Crippen molar-refractivity contribution in [2.45, 2.75) is 19.9 Å². The van der Waals surface area contributed by atoms with Crippen LogP contribution in [0.5, 0.6) is 6.01 Å². The van der Waals surface area contributed by atoms with E-state index >= 15 is 0 Å². The average Bonchev–Trinajstić information content (AvgIpc) is 3.27. The molecule has 4 rings (SSSR count). The molecule has 0 saturated heterocycles. The molecule has 2 N–H and O–H groups in total. The highest BCUT2D eigenvalue weighted by molar-refractivity contribution is 5.96. The fraction of sp³-hybridized carbons (Fsp3) is 0.222. The number of ether oxygens (including phenoxy) is 1. The monoisotopic (exact) mass is 350 g/mol. The molecular weight excluding hydrogens is 332 g/mol. The van der Waals surface area contributed by atoms with Gasteiger partial charge >= 0.3 is 12.0 Å². The number of H-pyrrole nitrogens is 1. The molecule has 0 bridgehead atoms. The summed E-state index contributed by atoms with van der Waals surface area (Å²) in [6.07, 6.45) is 3.58. The van der Waals surface area contributed by atoms with E-state index in [1.807, 2.05) is 44.3 Å². The van der Waals surface area contributed by atoms with Gasteiger partial charge in [0.2, 0.25) is 5.89 Å². The topological polar surface area (TPSA) is 102 Å². The number of nitrogens with zero attached hydrogens (tertiary/aromatic N) is 4. The quantitative estimate of drug-likeness (QED) is 0.568. The Morgan fingerprint density at radius 3 is 2.88 bits per heavy atom. The number of fused-ring (bicyclic) bond motifs is 1. The standard InChI is InChI=1S/C18H18N6O2/c1-10(2)21-18-24-23-16(26-18)11-4-5-14-12(8-11)13(9-20-14)15-6-7-19-17(22-15)25-3/h4-10,20H,1-3H3,(H,21,24). The van der Waals surface area contributed by atoms with Crippen molar-refractivity contribution in [3.05, 3.63) is 36.7 Å². The fourth-order valence-corrected chi connectivity index (χ4v) is 2.70. The van der Waals surface area contributed by atoms with Crippen LogP contribution in [-0.4, -0.2) is 38.3 Å². The van der Waals surface area contributed by atoms with E-state index in [2.05, 4.69) is 30.5 Å². The van der Waals surface area contributed by atoms with Crippen LogP contribution >= 0.6 is 0 Å². The van der Waals surface area contributed by atoms with E-state index < -0.39 is 0 Å². The highest BCUT2D eigenvalue weighted by Gasteiger charge is 2.13. The summed E-state index contributed by atoms with van der Waals surface area (Å²) >= 11 is 0. The van der Waals surface area contributed by atoms with Crippen LogP contribution in [0, 0.1) is 0 Å². The summed E-state index contributed by atoms with van der Waals surface area (Å²) < 4.78 is 10.8. The van der Waals surface area contributed by atoms with Gasteiger partial charge in [0, 0.05) is 40.5 Å². The van der Waals surface area contributed by atoms with Gasteiger partial charge < -0.3 is 19.5 Å². The number of hydrogen-bond acceptors (Lipinski definition) is 7. The fourth-order valence-electron chi connectivity index (χ4n) is 2.70. The lowest BCUT2D eigenvalue weighted by Crippen LogP contribution is -2.09. The van der Waals surface area contributed by atoms with Crippen LogP contribution in [0.1, 0.15) is 13.8 Å². The molecule has 0 aliphatic rings. The lowest BCUT2D eigenvalue weighted by molar-refractivity contribution is 0.380. The third-order valence-corrected chi connectivity index (χ3v) is 3.86. The van der Waals surface area contributed by atoms with Crippen LogP contribution in [0.2, 0.25) is 0 Å². The molecule has 26 heavy (non-hydrogen) atoms. The van der Waals surface area contributed by atoms with Gasteiger partial charge in [0.25, 0.3) is 0 Å². The molecule has 0 unspecified atom stereocenters. The van der Waals surface area contributed by atoms with E-state index in [0.717, 1.165) is 27.7 Å². The first kappa shape index (κ1) is 16.1. The number of rotatable bonds is 5. The Morgan fingerprint density at radius 2 is 2.08 bits per heavy atom. The maximum atomic E-state index is 5.70. The first-order chi connectivity index (χ1) is 12.6. The van der Waals surface area contributed by atoms with E-state index in [-0.39, 0.29) is 6.04 Å². The van der Waals surface area contributed by atoms with Crippen molar-refractivity contribution < 1.29 is 9.15 Å². The van der Waals surface area contributed by atoms with Crippen LogP contribution in [0.25, 0.3) is 33.6 Å². The number of hydrogen-bond donors (Lipinski definition) is 2. The molecule has 0 spiro atoms. The van der Waals surface area contributed by atoms with Gasteiger partial charge in [0.05, 0.1) is 12.8 Å². The normalized spacial score (nSPS) is 11.2. The van der Waals surface area contributed by atoms with Crippen LogP contribution in [-0.2, 0) is 0 Å². The van der Waals surface area contributed by atoms with Crippen molar-refractivity contribution in [2.24, 2.45) is 0 Å². The van der Waals surface area contributed by atoms with Gasteiger partial charge in [0.15, 0.2) is 0 Å². The number of nitrogens with one attached hydrogen (secondary N) is 2. The first-order valence-corrected chi connectivity index (χ1v) is 8.23. The molecule has 1 aromatic carbocycles. The molecule has 3 aromatic heterocycles. The summed E-state index contributed by atoms with van der Waals surface area (Å²) in [5.74, 6) is 0.461. The van der Waals surface area contributed by atoms with Gasteiger partial charge in [-0.05, 0) is 38.1 Å². The third kappa shape index (κ3) is 2.97. The van der Waals surface area contributed by atoms with Gasteiger partial charge in [0.1, 0.15) is 0 Å². The molecule has 0 amide bonds. The minimum absolute atomic E-state index is 0.217. The zero-order valence-corrected chi connectivity index (χ0v) is 14.6. The SMILES string of the molecule is COc1nccc(-c2c[nH]c3ccc(-c4nnc(NC(C)C)o4)cc23)n1. The second-order valence-corrected chi connectivity index (χ2v) is 6.10. The Balaban J connectivity index is 1.76. The van der Waals surface area contributed by atoms with E-state index in [1.54, 1.807) is 13.3 Å². The minimum atomic E-state index is 0.217. The molecule has 0 saturated carbocycles. The van der Waals surface area contributed by atoms with E-state index in [0.29, 0.717) is 17.9 Å². The molecule has 8 heteroatoms. The maximum Gasteiger partial charge on any atom is 0.316 e. The minimum Gasteiger partial charge on any atom is -0.467 e. The average molecular weight is 350 g/mol.